The van der Waals surface area contributed by atoms with Gasteiger partial charge in [0.05, 0.1) is 6.04 Å². The van der Waals surface area contributed by atoms with Gasteiger partial charge >= 0.3 is 0 Å². The molecule has 6 heteroatoms. The summed E-state index contributed by atoms with van der Waals surface area (Å²) in [6, 6.07) is 6.87. The normalized spacial score (nSPS) is 12.4. The Morgan fingerprint density at radius 1 is 1.05 bits per heavy atom. The summed E-state index contributed by atoms with van der Waals surface area (Å²) in [4.78, 5) is 0. The topological polar surface area (TPSA) is 38.0 Å². The predicted octanol–water partition coefficient (Wildman–Crippen LogP) is 3.61. The number of hydrogen-bond donors (Lipinski definition) is 2. The van der Waals surface area contributed by atoms with E-state index in [9.17, 15) is 13.2 Å². The van der Waals surface area contributed by atoms with Crippen LogP contribution in [-0.2, 0) is 6.42 Å². The molecule has 0 saturated carbocycles. The Morgan fingerprint density at radius 2 is 1.75 bits per heavy atom. The quantitative estimate of drug-likeness (QED) is 0.656. The minimum Gasteiger partial charge on any atom is -0.271 e. The van der Waals surface area contributed by atoms with Gasteiger partial charge in [0.15, 0.2) is 0 Å². The van der Waals surface area contributed by atoms with Gasteiger partial charge in [-0.2, -0.15) is 0 Å². The molecular weight excluding hydrogens is 333 g/mol. The second-order valence-corrected chi connectivity index (χ2v) is 5.24. The van der Waals surface area contributed by atoms with Crippen LogP contribution in [0.2, 0.25) is 0 Å². The lowest BCUT2D eigenvalue weighted by Gasteiger charge is -2.18. The molecule has 2 aromatic rings. The molecule has 0 aliphatic carbocycles. The predicted molar refractivity (Wildman–Crippen MR) is 74.2 cm³/mol. The Kier molecular flexibility index (Phi) is 4.80. The molecule has 2 aromatic carbocycles. The van der Waals surface area contributed by atoms with Crippen molar-refractivity contribution < 1.29 is 13.2 Å². The van der Waals surface area contributed by atoms with Crippen molar-refractivity contribution in [2.24, 2.45) is 5.84 Å². The lowest BCUT2D eigenvalue weighted by Crippen LogP contribution is -2.30. The minimum absolute atomic E-state index is 0.0352. The summed E-state index contributed by atoms with van der Waals surface area (Å²) in [5.41, 5.74) is 2.85. The maximum Gasteiger partial charge on any atom is 0.128 e. The van der Waals surface area contributed by atoms with Crippen LogP contribution in [0.5, 0.6) is 0 Å². The minimum atomic E-state index is -0.663. The molecular formula is C14H12BrF3N2. The van der Waals surface area contributed by atoms with E-state index >= 15 is 0 Å². The molecule has 2 rings (SSSR count). The van der Waals surface area contributed by atoms with Gasteiger partial charge in [0.1, 0.15) is 17.5 Å². The summed E-state index contributed by atoms with van der Waals surface area (Å²) >= 11 is 3.24. The van der Waals surface area contributed by atoms with Crippen LogP contribution >= 0.6 is 15.9 Å². The monoisotopic (exact) mass is 344 g/mol. The van der Waals surface area contributed by atoms with E-state index in [4.69, 9.17) is 5.84 Å². The maximum absolute atomic E-state index is 13.8. The largest absolute Gasteiger partial charge is 0.271 e. The lowest BCUT2D eigenvalue weighted by molar-refractivity contribution is 0.495. The van der Waals surface area contributed by atoms with Crippen LogP contribution in [0.1, 0.15) is 17.2 Å². The van der Waals surface area contributed by atoms with Crippen molar-refractivity contribution in [1.82, 2.24) is 5.43 Å². The third kappa shape index (κ3) is 3.39. The van der Waals surface area contributed by atoms with E-state index < -0.39 is 23.5 Å². The molecule has 0 spiro atoms. The second-order valence-electron chi connectivity index (χ2n) is 4.32. The molecule has 0 radical (unpaired) electrons. The van der Waals surface area contributed by atoms with E-state index in [1.54, 1.807) is 12.1 Å². The Morgan fingerprint density at radius 3 is 2.45 bits per heavy atom. The zero-order chi connectivity index (χ0) is 14.7. The molecule has 0 saturated heterocycles. The van der Waals surface area contributed by atoms with Crippen molar-refractivity contribution in [1.29, 1.82) is 0 Å². The molecule has 20 heavy (non-hydrogen) atoms. The van der Waals surface area contributed by atoms with Crippen LogP contribution < -0.4 is 11.3 Å². The van der Waals surface area contributed by atoms with Crippen molar-refractivity contribution in [3.8, 4) is 0 Å². The highest BCUT2D eigenvalue weighted by Gasteiger charge is 2.17. The average molecular weight is 345 g/mol. The van der Waals surface area contributed by atoms with Crippen molar-refractivity contribution in [3.05, 3.63) is 69.4 Å². The first kappa shape index (κ1) is 15.0. The molecule has 3 N–H and O–H groups in total. The summed E-state index contributed by atoms with van der Waals surface area (Å²) < 4.78 is 41.3. The van der Waals surface area contributed by atoms with Crippen molar-refractivity contribution in [3.63, 3.8) is 0 Å². The van der Waals surface area contributed by atoms with E-state index in [-0.39, 0.29) is 17.5 Å². The molecule has 0 aliphatic heterocycles. The van der Waals surface area contributed by atoms with E-state index in [0.717, 1.165) is 18.2 Å². The maximum atomic E-state index is 13.8. The third-order valence-electron chi connectivity index (χ3n) is 2.97. The third-order valence-corrected chi connectivity index (χ3v) is 3.46. The first-order chi connectivity index (χ1) is 9.51. The van der Waals surface area contributed by atoms with Gasteiger partial charge in [-0.15, -0.1) is 0 Å². The fourth-order valence-electron chi connectivity index (χ4n) is 1.96. The van der Waals surface area contributed by atoms with Crippen molar-refractivity contribution in [2.75, 3.05) is 0 Å². The smallest absolute Gasteiger partial charge is 0.128 e. The van der Waals surface area contributed by atoms with Gasteiger partial charge in [-0.1, -0.05) is 15.9 Å². The van der Waals surface area contributed by atoms with Crippen LogP contribution in [0.3, 0.4) is 0 Å². The number of nitrogens with two attached hydrogens (primary N) is 1. The first-order valence-electron chi connectivity index (χ1n) is 5.86. The van der Waals surface area contributed by atoms with Crippen LogP contribution in [0, 0.1) is 17.5 Å². The summed E-state index contributed by atoms with van der Waals surface area (Å²) in [7, 11) is 0. The molecule has 0 amide bonds. The summed E-state index contributed by atoms with van der Waals surface area (Å²) in [5.74, 6) is 3.84. The van der Waals surface area contributed by atoms with Crippen LogP contribution in [-0.4, -0.2) is 0 Å². The Labute approximate surface area is 122 Å². The van der Waals surface area contributed by atoms with Crippen LogP contribution in [0.25, 0.3) is 0 Å². The molecule has 1 atom stereocenters. The summed E-state index contributed by atoms with van der Waals surface area (Å²) in [5, 5.41) is 0. The van der Waals surface area contributed by atoms with Crippen molar-refractivity contribution in [2.45, 2.75) is 12.5 Å². The summed E-state index contributed by atoms with van der Waals surface area (Å²) in [6.45, 7) is 0. The van der Waals surface area contributed by atoms with Crippen molar-refractivity contribution >= 4 is 15.9 Å². The van der Waals surface area contributed by atoms with Gasteiger partial charge in [-0.3, -0.25) is 11.3 Å². The van der Waals surface area contributed by atoms with Crippen LogP contribution in [0.4, 0.5) is 13.2 Å². The Balaban J connectivity index is 2.33. The van der Waals surface area contributed by atoms with Crippen LogP contribution in [0.15, 0.2) is 40.9 Å². The van der Waals surface area contributed by atoms with E-state index in [1.165, 1.54) is 6.07 Å². The molecule has 0 heterocycles. The molecule has 0 aliphatic rings. The number of benzene rings is 2. The number of hydrogen-bond acceptors (Lipinski definition) is 2. The number of halogens is 4. The molecule has 2 nitrogen and oxygen atoms in total. The lowest BCUT2D eigenvalue weighted by atomic mass is 9.98. The number of hydrazine groups is 1. The number of nitrogens with one attached hydrogen (secondary N) is 1. The zero-order valence-electron chi connectivity index (χ0n) is 10.3. The van der Waals surface area contributed by atoms with Gasteiger partial charge in [-0.25, -0.2) is 13.2 Å². The molecule has 0 aromatic heterocycles. The van der Waals surface area contributed by atoms with E-state index in [0.29, 0.717) is 4.47 Å². The number of rotatable bonds is 4. The first-order valence-corrected chi connectivity index (χ1v) is 6.65. The average Bonchev–Trinajstić information content (AvgIpc) is 2.42. The van der Waals surface area contributed by atoms with Gasteiger partial charge < -0.3 is 0 Å². The van der Waals surface area contributed by atoms with Gasteiger partial charge in [0.25, 0.3) is 0 Å². The fourth-order valence-corrected chi connectivity index (χ4v) is 2.34. The van der Waals surface area contributed by atoms with Gasteiger partial charge in [0, 0.05) is 10.0 Å². The SMILES string of the molecule is NNC(Cc1cc(F)ccc1F)c1cc(Br)ccc1F. The molecule has 106 valence electrons. The second kappa shape index (κ2) is 6.39. The molecule has 0 bridgehead atoms. The van der Waals surface area contributed by atoms with Gasteiger partial charge in [-0.05, 0) is 48.4 Å². The van der Waals surface area contributed by atoms with Gasteiger partial charge in [0.2, 0.25) is 0 Å². The van der Waals surface area contributed by atoms with E-state index in [1.807, 2.05) is 0 Å². The standard InChI is InChI=1S/C14H12BrF3N2/c15-9-1-3-13(18)11(7-9)14(20-19)6-8-5-10(16)2-4-12(8)17/h1-5,7,14,20H,6,19H2. The highest BCUT2D eigenvalue weighted by Crippen LogP contribution is 2.25. The Hall–Kier alpha value is -1.37. The molecule has 0 fully saturated rings. The zero-order valence-corrected chi connectivity index (χ0v) is 11.9. The molecule has 1 unspecified atom stereocenters. The summed E-state index contributed by atoms with van der Waals surface area (Å²) in [6.07, 6.45) is 0.0352. The highest BCUT2D eigenvalue weighted by atomic mass is 79.9. The van der Waals surface area contributed by atoms with E-state index in [2.05, 4.69) is 21.4 Å². The Bertz CT molecular complexity index is 619. The highest BCUT2D eigenvalue weighted by molar-refractivity contribution is 9.10. The fraction of sp³-hybridized carbons (Fsp3) is 0.143.